The van der Waals surface area contributed by atoms with Crippen LogP contribution in [0.1, 0.15) is 31.1 Å². The van der Waals surface area contributed by atoms with Crippen molar-refractivity contribution < 1.29 is 9.84 Å². The minimum Gasteiger partial charge on any atom is -0.457 e. The Balaban J connectivity index is 2.28. The van der Waals surface area contributed by atoms with Gasteiger partial charge in [-0.15, -0.1) is 0 Å². The number of aryl methyl sites for hydroxylation is 1. The third-order valence-corrected chi connectivity index (χ3v) is 2.90. The molecule has 0 amide bonds. The Morgan fingerprint density at radius 1 is 1.11 bits per heavy atom. The first kappa shape index (κ1) is 12.7. The van der Waals surface area contributed by atoms with Gasteiger partial charge in [0.1, 0.15) is 11.5 Å². The van der Waals surface area contributed by atoms with Gasteiger partial charge in [0.2, 0.25) is 0 Å². The van der Waals surface area contributed by atoms with Gasteiger partial charge in [-0.25, -0.2) is 0 Å². The van der Waals surface area contributed by atoms with Crippen molar-refractivity contribution in [1.82, 2.24) is 0 Å². The van der Waals surface area contributed by atoms with Crippen molar-refractivity contribution in [3.8, 4) is 11.5 Å². The number of hydrogen-bond donors (Lipinski definition) is 1. The predicted molar refractivity (Wildman–Crippen MR) is 73.0 cm³/mol. The molecule has 2 nitrogen and oxygen atoms in total. The summed E-state index contributed by atoms with van der Waals surface area (Å²) in [5.74, 6) is 1.52. The summed E-state index contributed by atoms with van der Waals surface area (Å²) in [6, 6.07) is 15.6. The summed E-state index contributed by atoms with van der Waals surface area (Å²) in [5.41, 5.74) is 2.04. The van der Waals surface area contributed by atoms with Gasteiger partial charge in [0.05, 0.1) is 6.10 Å². The second-order valence-corrected chi connectivity index (χ2v) is 4.32. The third-order valence-electron chi connectivity index (χ3n) is 2.90. The van der Waals surface area contributed by atoms with Crippen LogP contribution in [0.3, 0.4) is 0 Å². The molecular formula is C16H18O2. The number of hydrogen-bond acceptors (Lipinski definition) is 2. The van der Waals surface area contributed by atoms with Crippen molar-refractivity contribution in [2.24, 2.45) is 0 Å². The van der Waals surface area contributed by atoms with E-state index in [9.17, 15) is 5.11 Å². The van der Waals surface area contributed by atoms with Crippen LogP contribution < -0.4 is 4.74 Å². The van der Waals surface area contributed by atoms with Crippen molar-refractivity contribution in [1.29, 1.82) is 0 Å². The molecule has 0 saturated carbocycles. The minimum absolute atomic E-state index is 0.532. The summed E-state index contributed by atoms with van der Waals surface area (Å²) in [6.07, 6.45) is 0.450. The van der Waals surface area contributed by atoms with Gasteiger partial charge in [0.25, 0.3) is 0 Å². The number of ether oxygens (including phenoxy) is 1. The topological polar surface area (TPSA) is 29.5 Å². The summed E-state index contributed by atoms with van der Waals surface area (Å²) in [6.45, 7) is 3.85. The van der Waals surface area contributed by atoms with Gasteiger partial charge in [-0.3, -0.25) is 0 Å². The van der Waals surface area contributed by atoms with Gasteiger partial charge >= 0.3 is 0 Å². The molecule has 0 bridgehead atoms. The lowest BCUT2D eigenvalue weighted by atomic mass is 10.1. The second-order valence-electron chi connectivity index (χ2n) is 4.32. The fraction of sp³-hybridized carbons (Fsp3) is 0.250. The van der Waals surface area contributed by atoms with Gasteiger partial charge in [0.15, 0.2) is 0 Å². The highest BCUT2D eigenvalue weighted by Gasteiger charge is 2.09. The van der Waals surface area contributed by atoms with Gasteiger partial charge in [-0.05, 0) is 37.1 Å². The average molecular weight is 242 g/mol. The van der Waals surface area contributed by atoms with Gasteiger partial charge < -0.3 is 9.84 Å². The van der Waals surface area contributed by atoms with Gasteiger partial charge in [0, 0.05) is 5.56 Å². The molecule has 2 rings (SSSR count). The highest BCUT2D eigenvalue weighted by Crippen LogP contribution is 2.29. The number of rotatable bonds is 4. The van der Waals surface area contributed by atoms with E-state index < -0.39 is 6.10 Å². The Morgan fingerprint density at radius 2 is 1.89 bits per heavy atom. The first-order chi connectivity index (χ1) is 8.70. The minimum atomic E-state index is -0.532. The largest absolute Gasteiger partial charge is 0.457 e. The Labute approximate surface area is 108 Å². The van der Waals surface area contributed by atoms with E-state index in [2.05, 4.69) is 13.0 Å². The maximum absolute atomic E-state index is 9.70. The fourth-order valence-electron chi connectivity index (χ4n) is 1.87. The molecule has 0 aliphatic carbocycles. The lowest BCUT2D eigenvalue weighted by Crippen LogP contribution is -1.96. The highest BCUT2D eigenvalue weighted by atomic mass is 16.5. The van der Waals surface area contributed by atoms with Gasteiger partial charge in [-0.1, -0.05) is 37.3 Å². The molecule has 0 fully saturated rings. The SMILES string of the molecule is CCc1cccc(Oc2ccccc2C(C)O)c1. The van der Waals surface area contributed by atoms with Crippen LogP contribution in [0.2, 0.25) is 0 Å². The van der Waals surface area contributed by atoms with E-state index in [1.807, 2.05) is 42.5 Å². The summed E-state index contributed by atoms with van der Waals surface area (Å²) in [5, 5.41) is 9.70. The Kier molecular flexibility index (Phi) is 4.00. The first-order valence-corrected chi connectivity index (χ1v) is 6.24. The molecule has 0 heterocycles. The number of para-hydroxylation sites is 1. The molecule has 18 heavy (non-hydrogen) atoms. The van der Waals surface area contributed by atoms with E-state index in [1.165, 1.54) is 5.56 Å². The molecule has 0 radical (unpaired) electrons. The summed E-state index contributed by atoms with van der Waals surface area (Å²) < 4.78 is 5.85. The van der Waals surface area contributed by atoms with Crippen LogP contribution in [0.4, 0.5) is 0 Å². The average Bonchev–Trinajstić information content (AvgIpc) is 2.39. The van der Waals surface area contributed by atoms with Gasteiger partial charge in [-0.2, -0.15) is 0 Å². The fourth-order valence-corrected chi connectivity index (χ4v) is 1.87. The van der Waals surface area contributed by atoms with E-state index in [0.717, 1.165) is 17.7 Å². The number of benzene rings is 2. The smallest absolute Gasteiger partial charge is 0.133 e. The molecule has 1 atom stereocenters. The van der Waals surface area contributed by atoms with Crippen molar-refractivity contribution in [2.45, 2.75) is 26.4 Å². The maximum Gasteiger partial charge on any atom is 0.133 e. The standard InChI is InChI=1S/C16H18O2/c1-3-13-7-6-8-14(11-13)18-16-10-5-4-9-15(16)12(2)17/h4-12,17H,3H2,1-2H3. The van der Waals surface area contributed by atoms with Crippen molar-refractivity contribution in [3.05, 3.63) is 59.7 Å². The molecule has 1 N–H and O–H groups in total. The Hall–Kier alpha value is -1.80. The third kappa shape index (κ3) is 2.90. The zero-order chi connectivity index (χ0) is 13.0. The lowest BCUT2D eigenvalue weighted by Gasteiger charge is -2.13. The van der Waals surface area contributed by atoms with Crippen molar-refractivity contribution >= 4 is 0 Å². The highest BCUT2D eigenvalue weighted by molar-refractivity contribution is 5.39. The van der Waals surface area contributed by atoms with Crippen molar-refractivity contribution in [3.63, 3.8) is 0 Å². The summed E-state index contributed by atoms with van der Waals surface area (Å²) in [4.78, 5) is 0. The Morgan fingerprint density at radius 3 is 2.61 bits per heavy atom. The van der Waals surface area contributed by atoms with Crippen LogP contribution in [0.25, 0.3) is 0 Å². The molecule has 0 aliphatic heterocycles. The van der Waals surface area contributed by atoms with Crippen LogP contribution in [0, 0.1) is 0 Å². The molecule has 1 unspecified atom stereocenters. The van der Waals surface area contributed by atoms with E-state index in [-0.39, 0.29) is 0 Å². The predicted octanol–water partition coefficient (Wildman–Crippen LogP) is 4.09. The van der Waals surface area contributed by atoms with E-state index >= 15 is 0 Å². The van der Waals surface area contributed by atoms with E-state index in [0.29, 0.717) is 5.75 Å². The normalized spacial score (nSPS) is 12.2. The number of aliphatic hydroxyl groups excluding tert-OH is 1. The molecule has 0 saturated heterocycles. The summed E-state index contributed by atoms with van der Waals surface area (Å²) in [7, 11) is 0. The molecule has 2 aromatic carbocycles. The summed E-state index contributed by atoms with van der Waals surface area (Å²) >= 11 is 0. The zero-order valence-corrected chi connectivity index (χ0v) is 10.8. The van der Waals surface area contributed by atoms with Crippen molar-refractivity contribution in [2.75, 3.05) is 0 Å². The second kappa shape index (κ2) is 5.69. The molecule has 0 aliphatic rings. The van der Waals surface area contributed by atoms with E-state index in [4.69, 9.17) is 4.74 Å². The molecule has 2 aromatic rings. The monoisotopic (exact) mass is 242 g/mol. The van der Waals surface area contributed by atoms with Crippen LogP contribution in [-0.2, 0) is 6.42 Å². The zero-order valence-electron chi connectivity index (χ0n) is 10.8. The molecule has 94 valence electrons. The van der Waals surface area contributed by atoms with Crippen LogP contribution in [0.5, 0.6) is 11.5 Å². The molecule has 0 aromatic heterocycles. The van der Waals surface area contributed by atoms with Crippen LogP contribution in [-0.4, -0.2) is 5.11 Å². The molecule has 2 heteroatoms. The number of aliphatic hydroxyl groups is 1. The van der Waals surface area contributed by atoms with Crippen LogP contribution >= 0.6 is 0 Å². The quantitative estimate of drug-likeness (QED) is 0.874. The maximum atomic E-state index is 9.70. The lowest BCUT2D eigenvalue weighted by molar-refractivity contribution is 0.195. The Bertz CT molecular complexity index is 518. The molecular weight excluding hydrogens is 224 g/mol. The first-order valence-electron chi connectivity index (χ1n) is 6.24. The van der Waals surface area contributed by atoms with E-state index in [1.54, 1.807) is 6.92 Å². The molecule has 0 spiro atoms. The van der Waals surface area contributed by atoms with Crippen LogP contribution in [0.15, 0.2) is 48.5 Å².